The van der Waals surface area contributed by atoms with E-state index in [-0.39, 0.29) is 12.5 Å². The van der Waals surface area contributed by atoms with Gasteiger partial charge in [-0.2, -0.15) is 0 Å². The molecule has 3 heteroatoms. The Hall–Kier alpha value is -1.38. The lowest BCUT2D eigenvalue weighted by atomic mass is 9.86. The van der Waals surface area contributed by atoms with Crippen molar-refractivity contribution >= 4 is 11.6 Å². The molecule has 2 rings (SSSR count). The van der Waals surface area contributed by atoms with Crippen LogP contribution in [-0.2, 0) is 13.0 Å². The van der Waals surface area contributed by atoms with Gasteiger partial charge < -0.3 is 5.11 Å². The van der Waals surface area contributed by atoms with E-state index in [9.17, 15) is 5.11 Å². The van der Waals surface area contributed by atoms with E-state index in [1.165, 1.54) is 5.56 Å². The first-order chi connectivity index (χ1) is 10.9. The lowest BCUT2D eigenvalue weighted by Gasteiger charge is -2.23. The van der Waals surface area contributed by atoms with Crippen LogP contribution in [0.1, 0.15) is 69.0 Å². The Balaban J connectivity index is 2.86. The van der Waals surface area contributed by atoms with Crippen LogP contribution in [-0.4, -0.2) is 10.1 Å². The SMILES string of the molecule is CCc1c(C(C)C)nc(C(C)C)c(CO)c1-c1ccc(Cl)cc1. The molecule has 0 saturated carbocycles. The minimum atomic E-state index is 0.00382. The molecular formula is C20H26ClNO. The minimum Gasteiger partial charge on any atom is -0.392 e. The highest BCUT2D eigenvalue weighted by molar-refractivity contribution is 6.30. The molecule has 0 bridgehead atoms. The van der Waals surface area contributed by atoms with Gasteiger partial charge in [0.25, 0.3) is 0 Å². The van der Waals surface area contributed by atoms with Crippen LogP contribution in [0, 0.1) is 0 Å². The first kappa shape index (κ1) is 18.0. The van der Waals surface area contributed by atoms with Crippen LogP contribution in [0.3, 0.4) is 0 Å². The van der Waals surface area contributed by atoms with Gasteiger partial charge in [0.15, 0.2) is 0 Å². The van der Waals surface area contributed by atoms with E-state index in [1.54, 1.807) is 0 Å². The number of benzene rings is 1. The third kappa shape index (κ3) is 3.59. The van der Waals surface area contributed by atoms with E-state index in [2.05, 4.69) is 34.6 Å². The molecule has 1 N–H and O–H groups in total. The number of aliphatic hydroxyl groups excluding tert-OH is 1. The summed E-state index contributed by atoms with van der Waals surface area (Å²) in [6.45, 7) is 10.8. The summed E-state index contributed by atoms with van der Waals surface area (Å²) in [7, 11) is 0. The number of hydrogen-bond donors (Lipinski definition) is 1. The molecule has 2 aromatic rings. The Morgan fingerprint density at radius 3 is 1.91 bits per heavy atom. The van der Waals surface area contributed by atoms with E-state index >= 15 is 0 Å². The molecule has 0 unspecified atom stereocenters. The first-order valence-electron chi connectivity index (χ1n) is 8.32. The van der Waals surface area contributed by atoms with Crippen molar-refractivity contribution in [2.75, 3.05) is 0 Å². The molecule has 0 amide bonds. The van der Waals surface area contributed by atoms with Crippen LogP contribution >= 0.6 is 11.6 Å². The second-order valence-electron chi connectivity index (χ2n) is 6.54. The first-order valence-corrected chi connectivity index (χ1v) is 8.70. The Kier molecular flexibility index (Phi) is 5.83. The Morgan fingerprint density at radius 2 is 1.48 bits per heavy atom. The Morgan fingerprint density at radius 1 is 0.957 bits per heavy atom. The number of rotatable bonds is 5. The number of aliphatic hydroxyl groups is 1. The van der Waals surface area contributed by atoms with E-state index in [4.69, 9.17) is 16.6 Å². The molecule has 0 radical (unpaired) electrons. The average Bonchev–Trinajstić information content (AvgIpc) is 2.53. The third-order valence-corrected chi connectivity index (χ3v) is 4.45. The number of aromatic nitrogens is 1. The van der Waals surface area contributed by atoms with Gasteiger partial charge in [-0.3, -0.25) is 4.98 Å². The lowest BCUT2D eigenvalue weighted by Crippen LogP contribution is -2.11. The number of halogens is 1. The molecule has 0 aliphatic rings. The molecule has 0 saturated heterocycles. The maximum atomic E-state index is 10.0. The standard InChI is InChI=1S/C20H26ClNO/c1-6-16-18(14-7-9-15(21)10-8-14)17(11-23)20(13(4)5)22-19(16)12(2)3/h7-10,12-13,23H,6,11H2,1-5H3. The molecular weight excluding hydrogens is 306 g/mol. The molecule has 2 nitrogen and oxygen atoms in total. The van der Waals surface area contributed by atoms with Crippen molar-refractivity contribution in [2.45, 2.75) is 59.5 Å². The monoisotopic (exact) mass is 331 g/mol. The van der Waals surface area contributed by atoms with Crippen LogP contribution in [0.5, 0.6) is 0 Å². The van der Waals surface area contributed by atoms with Gasteiger partial charge in [-0.05, 0) is 47.1 Å². The summed E-state index contributed by atoms with van der Waals surface area (Å²) in [4.78, 5) is 4.93. The van der Waals surface area contributed by atoms with Crippen molar-refractivity contribution in [3.63, 3.8) is 0 Å². The molecule has 0 spiro atoms. The molecule has 1 aromatic heterocycles. The largest absolute Gasteiger partial charge is 0.392 e. The number of nitrogens with zero attached hydrogens (tertiary/aromatic N) is 1. The number of pyridine rings is 1. The zero-order chi connectivity index (χ0) is 17.1. The Labute approximate surface area is 144 Å². The highest BCUT2D eigenvalue weighted by atomic mass is 35.5. The van der Waals surface area contributed by atoms with Gasteiger partial charge in [-0.1, -0.05) is 58.4 Å². The summed E-state index contributed by atoms with van der Waals surface area (Å²) in [6, 6.07) is 7.87. The smallest absolute Gasteiger partial charge is 0.0705 e. The Bertz CT molecular complexity index is 641. The average molecular weight is 332 g/mol. The van der Waals surface area contributed by atoms with Gasteiger partial charge in [-0.15, -0.1) is 0 Å². The van der Waals surface area contributed by atoms with Gasteiger partial charge in [-0.25, -0.2) is 0 Å². The fourth-order valence-corrected chi connectivity index (χ4v) is 3.27. The van der Waals surface area contributed by atoms with Gasteiger partial charge in [0.2, 0.25) is 0 Å². The molecule has 124 valence electrons. The summed E-state index contributed by atoms with van der Waals surface area (Å²) >= 11 is 6.05. The summed E-state index contributed by atoms with van der Waals surface area (Å²) in [6.07, 6.45) is 0.893. The van der Waals surface area contributed by atoms with Gasteiger partial charge in [0, 0.05) is 22.0 Å². The van der Waals surface area contributed by atoms with Crippen LogP contribution in [0.25, 0.3) is 11.1 Å². The van der Waals surface area contributed by atoms with E-state index in [0.29, 0.717) is 5.92 Å². The van der Waals surface area contributed by atoms with E-state index in [0.717, 1.165) is 39.5 Å². The number of hydrogen-bond acceptors (Lipinski definition) is 2. The van der Waals surface area contributed by atoms with Crippen molar-refractivity contribution < 1.29 is 5.11 Å². The predicted octanol–water partition coefficient (Wildman–Crippen LogP) is 5.70. The zero-order valence-corrected chi connectivity index (χ0v) is 15.4. The highest BCUT2D eigenvalue weighted by Crippen LogP contribution is 2.37. The molecule has 0 aliphatic carbocycles. The molecule has 1 aromatic carbocycles. The maximum Gasteiger partial charge on any atom is 0.0705 e. The summed E-state index contributed by atoms with van der Waals surface area (Å²) in [5, 5.41) is 10.8. The second-order valence-corrected chi connectivity index (χ2v) is 6.98. The van der Waals surface area contributed by atoms with Gasteiger partial charge in [0.05, 0.1) is 6.61 Å². The van der Waals surface area contributed by atoms with Crippen molar-refractivity contribution in [1.82, 2.24) is 4.98 Å². The lowest BCUT2D eigenvalue weighted by molar-refractivity contribution is 0.279. The maximum absolute atomic E-state index is 10.0. The van der Waals surface area contributed by atoms with Crippen molar-refractivity contribution in [1.29, 1.82) is 0 Å². The third-order valence-electron chi connectivity index (χ3n) is 4.20. The fraction of sp³-hybridized carbons (Fsp3) is 0.450. The van der Waals surface area contributed by atoms with Crippen molar-refractivity contribution in [3.8, 4) is 11.1 Å². The van der Waals surface area contributed by atoms with Gasteiger partial charge in [0.1, 0.15) is 0 Å². The van der Waals surface area contributed by atoms with Gasteiger partial charge >= 0.3 is 0 Å². The van der Waals surface area contributed by atoms with Crippen LogP contribution in [0.15, 0.2) is 24.3 Å². The second kappa shape index (κ2) is 7.46. The summed E-state index contributed by atoms with van der Waals surface area (Å²) < 4.78 is 0. The van der Waals surface area contributed by atoms with E-state index < -0.39 is 0 Å². The molecule has 23 heavy (non-hydrogen) atoms. The molecule has 0 aliphatic heterocycles. The highest BCUT2D eigenvalue weighted by Gasteiger charge is 2.22. The van der Waals surface area contributed by atoms with Crippen LogP contribution < -0.4 is 0 Å². The normalized spacial score (nSPS) is 11.5. The quantitative estimate of drug-likeness (QED) is 0.761. The van der Waals surface area contributed by atoms with Crippen LogP contribution in [0.4, 0.5) is 0 Å². The van der Waals surface area contributed by atoms with E-state index in [1.807, 2.05) is 24.3 Å². The predicted molar refractivity (Wildman–Crippen MR) is 98.2 cm³/mol. The van der Waals surface area contributed by atoms with Crippen molar-refractivity contribution in [3.05, 3.63) is 51.8 Å². The van der Waals surface area contributed by atoms with Crippen molar-refractivity contribution in [2.24, 2.45) is 0 Å². The van der Waals surface area contributed by atoms with Crippen LogP contribution in [0.2, 0.25) is 5.02 Å². The minimum absolute atomic E-state index is 0.00382. The zero-order valence-electron chi connectivity index (χ0n) is 14.7. The molecule has 0 fully saturated rings. The summed E-state index contributed by atoms with van der Waals surface area (Å²) in [5.74, 6) is 0.618. The fourth-order valence-electron chi connectivity index (χ4n) is 3.14. The molecule has 1 heterocycles. The molecule has 0 atom stereocenters. The summed E-state index contributed by atoms with van der Waals surface area (Å²) in [5.41, 5.74) is 6.55. The topological polar surface area (TPSA) is 33.1 Å².